The molecule has 0 aliphatic heterocycles. The summed E-state index contributed by atoms with van der Waals surface area (Å²) in [5, 5.41) is 12.3. The highest BCUT2D eigenvalue weighted by Crippen LogP contribution is 2.40. The molecule has 0 bridgehead atoms. The third kappa shape index (κ3) is 4.55. The number of aromatic carboxylic acids is 1. The molecule has 1 heterocycles. The van der Waals surface area contributed by atoms with Crippen molar-refractivity contribution in [1.82, 2.24) is 0 Å². The van der Waals surface area contributed by atoms with Crippen molar-refractivity contribution in [3.8, 4) is 5.75 Å². The number of carboxylic acids is 1. The molecule has 0 aliphatic carbocycles. The fraction of sp³-hybridized carbons (Fsp3) is 0.167. The third-order valence-corrected chi connectivity index (χ3v) is 3.87. The minimum absolute atomic E-state index is 0.178. The lowest BCUT2D eigenvalue weighted by molar-refractivity contribution is -0.276. The number of halogens is 6. The summed E-state index contributed by atoms with van der Waals surface area (Å²) in [7, 11) is 0. The number of nitrogens with one attached hydrogen (secondary N) is 1. The largest absolute Gasteiger partial charge is 0.573 e. The van der Waals surface area contributed by atoms with Crippen molar-refractivity contribution in [2.45, 2.75) is 19.1 Å². The van der Waals surface area contributed by atoms with Crippen LogP contribution in [0.15, 0.2) is 46.9 Å². The first-order valence-electron chi connectivity index (χ1n) is 7.90. The van der Waals surface area contributed by atoms with Crippen molar-refractivity contribution in [2.75, 3.05) is 5.32 Å². The van der Waals surface area contributed by atoms with Gasteiger partial charge in [0, 0.05) is 23.2 Å². The average Bonchev–Trinajstić information content (AvgIpc) is 2.97. The first-order chi connectivity index (χ1) is 13.5. The molecule has 29 heavy (non-hydrogen) atoms. The Morgan fingerprint density at radius 2 is 1.76 bits per heavy atom. The van der Waals surface area contributed by atoms with Crippen LogP contribution in [-0.2, 0) is 12.7 Å². The summed E-state index contributed by atoms with van der Waals surface area (Å²) in [6, 6.07) is 8.27. The Morgan fingerprint density at radius 1 is 1.07 bits per heavy atom. The van der Waals surface area contributed by atoms with Crippen molar-refractivity contribution in [3.05, 3.63) is 59.4 Å². The average molecular weight is 419 g/mol. The van der Waals surface area contributed by atoms with Crippen LogP contribution < -0.4 is 10.1 Å². The highest BCUT2D eigenvalue weighted by Gasteiger charge is 2.39. The molecule has 0 fully saturated rings. The molecule has 3 rings (SSSR count). The Balaban J connectivity index is 1.93. The molecule has 0 atom stereocenters. The number of furan rings is 1. The number of rotatable bonds is 5. The van der Waals surface area contributed by atoms with Crippen LogP contribution >= 0.6 is 0 Å². The van der Waals surface area contributed by atoms with Crippen LogP contribution in [0.5, 0.6) is 5.75 Å². The molecule has 1 aromatic heterocycles. The lowest BCUT2D eigenvalue weighted by Gasteiger charge is -2.17. The standard InChI is InChI=1S/C18H11F6NO4/c19-17(20,21)12-7-9(5-6-14(12)29-18(22,23)24)25-8-11-10-3-1-2-4-13(10)28-15(11)16(26)27/h1-7,25H,8H2,(H,26,27). The molecule has 0 amide bonds. The van der Waals surface area contributed by atoms with E-state index in [2.05, 4.69) is 10.1 Å². The second kappa shape index (κ2) is 7.22. The maximum absolute atomic E-state index is 13.1. The Labute approximate surface area is 158 Å². The number of hydrogen-bond acceptors (Lipinski definition) is 4. The van der Waals surface area contributed by atoms with Gasteiger partial charge >= 0.3 is 18.5 Å². The van der Waals surface area contributed by atoms with Crippen molar-refractivity contribution < 1.29 is 45.4 Å². The second-order valence-electron chi connectivity index (χ2n) is 5.82. The Hall–Kier alpha value is -3.37. The topological polar surface area (TPSA) is 71.7 Å². The number of fused-ring (bicyclic) bond motifs is 1. The maximum Gasteiger partial charge on any atom is 0.573 e. The van der Waals surface area contributed by atoms with Crippen LogP contribution in [0.2, 0.25) is 0 Å². The number of benzene rings is 2. The van der Waals surface area contributed by atoms with Crippen LogP contribution in [0, 0.1) is 0 Å². The number of alkyl halides is 6. The van der Waals surface area contributed by atoms with E-state index in [1.54, 1.807) is 18.2 Å². The summed E-state index contributed by atoms with van der Waals surface area (Å²) in [6.07, 6.45) is -10.4. The zero-order valence-electron chi connectivity index (χ0n) is 14.2. The van der Waals surface area contributed by atoms with Gasteiger partial charge in [0.05, 0.1) is 5.56 Å². The Morgan fingerprint density at radius 3 is 2.38 bits per heavy atom. The molecule has 0 radical (unpaired) electrons. The molecule has 154 valence electrons. The molecule has 0 aliphatic rings. The molecule has 11 heteroatoms. The fourth-order valence-corrected chi connectivity index (χ4v) is 2.71. The van der Waals surface area contributed by atoms with Crippen LogP contribution in [0.25, 0.3) is 11.0 Å². The van der Waals surface area contributed by atoms with Crippen molar-refractivity contribution in [2.24, 2.45) is 0 Å². The van der Waals surface area contributed by atoms with E-state index < -0.39 is 35.6 Å². The zero-order valence-corrected chi connectivity index (χ0v) is 14.2. The summed E-state index contributed by atoms with van der Waals surface area (Å²) >= 11 is 0. The zero-order chi connectivity index (χ0) is 21.4. The van der Waals surface area contributed by atoms with Gasteiger partial charge in [-0.2, -0.15) is 13.2 Å². The first-order valence-corrected chi connectivity index (χ1v) is 7.90. The van der Waals surface area contributed by atoms with Gasteiger partial charge in [0.25, 0.3) is 0 Å². The minimum atomic E-state index is -5.29. The van der Waals surface area contributed by atoms with Crippen molar-refractivity contribution in [1.29, 1.82) is 0 Å². The fourth-order valence-electron chi connectivity index (χ4n) is 2.71. The normalized spacial score (nSPS) is 12.2. The van der Waals surface area contributed by atoms with Gasteiger partial charge in [-0.05, 0) is 24.3 Å². The van der Waals surface area contributed by atoms with E-state index in [1.165, 1.54) is 6.07 Å². The minimum Gasteiger partial charge on any atom is -0.475 e. The smallest absolute Gasteiger partial charge is 0.475 e. The monoisotopic (exact) mass is 419 g/mol. The van der Waals surface area contributed by atoms with Crippen LogP contribution in [0.4, 0.5) is 32.0 Å². The number of ether oxygens (including phenoxy) is 1. The van der Waals surface area contributed by atoms with Gasteiger partial charge in [0.1, 0.15) is 11.3 Å². The van der Waals surface area contributed by atoms with Gasteiger partial charge in [0.2, 0.25) is 5.76 Å². The summed E-state index contributed by atoms with van der Waals surface area (Å²) in [5.41, 5.74) is -1.37. The third-order valence-electron chi connectivity index (χ3n) is 3.87. The van der Waals surface area contributed by atoms with Crippen LogP contribution in [-0.4, -0.2) is 17.4 Å². The molecule has 2 N–H and O–H groups in total. The summed E-state index contributed by atoms with van der Waals surface area (Å²) in [6.45, 7) is -0.241. The molecule has 0 spiro atoms. The summed E-state index contributed by atoms with van der Waals surface area (Å²) in [4.78, 5) is 11.4. The number of hydrogen-bond donors (Lipinski definition) is 2. The Kier molecular flexibility index (Phi) is 5.07. The molecule has 3 aromatic rings. The number of anilines is 1. The van der Waals surface area contributed by atoms with E-state index in [4.69, 9.17) is 4.42 Å². The summed E-state index contributed by atoms with van der Waals surface area (Å²) in [5.74, 6) is -3.16. The molecular weight excluding hydrogens is 408 g/mol. The Bertz CT molecular complexity index is 1050. The highest BCUT2D eigenvalue weighted by molar-refractivity contribution is 5.95. The van der Waals surface area contributed by atoms with Crippen molar-refractivity contribution in [3.63, 3.8) is 0 Å². The van der Waals surface area contributed by atoms with Gasteiger partial charge in [-0.15, -0.1) is 13.2 Å². The van der Waals surface area contributed by atoms with Gasteiger partial charge in [0.15, 0.2) is 0 Å². The number of carbonyl (C=O) groups is 1. The van der Waals surface area contributed by atoms with Crippen LogP contribution in [0.1, 0.15) is 21.7 Å². The molecule has 0 saturated heterocycles. The van der Waals surface area contributed by atoms with E-state index in [0.29, 0.717) is 17.5 Å². The van der Waals surface area contributed by atoms with Crippen LogP contribution in [0.3, 0.4) is 0 Å². The SMILES string of the molecule is O=C(O)c1oc2ccccc2c1CNc1ccc(OC(F)(F)F)c(C(F)(F)F)c1. The molecular formula is C18H11F6NO4. The van der Waals surface area contributed by atoms with Crippen molar-refractivity contribution >= 4 is 22.6 Å². The predicted molar refractivity (Wildman–Crippen MR) is 88.6 cm³/mol. The molecule has 5 nitrogen and oxygen atoms in total. The lowest BCUT2D eigenvalue weighted by atomic mass is 10.1. The van der Waals surface area contributed by atoms with Gasteiger partial charge in [-0.1, -0.05) is 18.2 Å². The van der Waals surface area contributed by atoms with Gasteiger partial charge < -0.3 is 19.6 Å². The second-order valence-corrected chi connectivity index (χ2v) is 5.82. The quantitative estimate of drug-likeness (QED) is 0.522. The predicted octanol–water partition coefficient (Wildman–Crippen LogP) is 5.66. The molecule has 0 saturated carbocycles. The molecule has 0 unspecified atom stereocenters. The summed E-state index contributed by atoms with van der Waals surface area (Å²) < 4.78 is 85.1. The van der Waals surface area contributed by atoms with Gasteiger partial charge in [-0.3, -0.25) is 0 Å². The highest BCUT2D eigenvalue weighted by atomic mass is 19.4. The van der Waals surface area contributed by atoms with Gasteiger partial charge in [-0.25, -0.2) is 4.79 Å². The number of para-hydroxylation sites is 1. The lowest BCUT2D eigenvalue weighted by Crippen LogP contribution is -2.20. The van der Waals surface area contributed by atoms with E-state index in [0.717, 1.165) is 6.07 Å². The van der Waals surface area contributed by atoms with E-state index >= 15 is 0 Å². The molecule has 2 aromatic carbocycles. The maximum atomic E-state index is 13.1. The first kappa shape index (κ1) is 20.4. The number of carboxylic acid groups (broad SMARTS) is 1. The van der Waals surface area contributed by atoms with E-state index in [1.807, 2.05) is 0 Å². The van der Waals surface area contributed by atoms with E-state index in [-0.39, 0.29) is 23.4 Å². The van der Waals surface area contributed by atoms with E-state index in [9.17, 15) is 36.2 Å².